The highest BCUT2D eigenvalue weighted by Gasteiger charge is 2.16. The lowest BCUT2D eigenvalue weighted by atomic mass is 10.1. The molecular weight excluding hydrogens is 382 g/mol. The van der Waals surface area contributed by atoms with Crippen LogP contribution >= 0.6 is 23.6 Å². The second-order valence-electron chi connectivity index (χ2n) is 6.16. The van der Waals surface area contributed by atoms with Gasteiger partial charge in [-0.1, -0.05) is 23.5 Å². The molecule has 2 aromatic carbocycles. The van der Waals surface area contributed by atoms with E-state index < -0.39 is 0 Å². The minimum absolute atomic E-state index is 0.198. The summed E-state index contributed by atoms with van der Waals surface area (Å²) in [5, 5.41) is 6.52. The van der Waals surface area contributed by atoms with Crippen LogP contribution in [0, 0.1) is 13.8 Å². The summed E-state index contributed by atoms with van der Waals surface area (Å²) >= 11 is 6.78. The number of carbonyl (C=O) groups is 1. The third-order valence-electron chi connectivity index (χ3n) is 4.19. The Balaban J connectivity index is 1.47. The minimum atomic E-state index is -0.321. The van der Waals surface area contributed by atoms with Crippen LogP contribution < -0.4 is 20.1 Å². The summed E-state index contributed by atoms with van der Waals surface area (Å²) in [5.41, 5.74) is 3.65. The summed E-state index contributed by atoms with van der Waals surface area (Å²) in [6, 6.07) is 9.16. The van der Waals surface area contributed by atoms with Crippen LogP contribution in [0.15, 0.2) is 30.3 Å². The zero-order chi connectivity index (χ0) is 19.0. The van der Waals surface area contributed by atoms with Gasteiger partial charge >= 0.3 is 0 Å². The Morgan fingerprint density at radius 1 is 1.11 bits per heavy atom. The molecule has 8 heteroatoms. The number of hydrogen-bond donors (Lipinski definition) is 2. The maximum atomic E-state index is 12.5. The van der Waals surface area contributed by atoms with Crippen molar-refractivity contribution < 1.29 is 14.3 Å². The summed E-state index contributed by atoms with van der Waals surface area (Å²) in [4.78, 5) is 17.0. The summed E-state index contributed by atoms with van der Waals surface area (Å²) in [6.07, 6.45) is 0. The number of nitrogens with zero attached hydrogens (tertiary/aromatic N) is 1. The fourth-order valence-electron chi connectivity index (χ4n) is 2.80. The van der Waals surface area contributed by atoms with Crippen LogP contribution in [0.2, 0.25) is 0 Å². The van der Waals surface area contributed by atoms with Gasteiger partial charge in [0.2, 0.25) is 0 Å². The second kappa shape index (κ2) is 7.13. The Morgan fingerprint density at radius 2 is 1.85 bits per heavy atom. The Morgan fingerprint density at radius 3 is 2.63 bits per heavy atom. The lowest BCUT2D eigenvalue weighted by Crippen LogP contribution is -2.34. The van der Waals surface area contributed by atoms with E-state index in [0.29, 0.717) is 35.4 Å². The molecule has 1 aliphatic rings. The molecule has 1 aliphatic heterocycles. The van der Waals surface area contributed by atoms with Gasteiger partial charge in [-0.05, 0) is 55.4 Å². The predicted octanol–water partition coefficient (Wildman–Crippen LogP) is 3.81. The topological polar surface area (TPSA) is 72.5 Å². The first kappa shape index (κ1) is 17.7. The average molecular weight is 399 g/mol. The van der Waals surface area contributed by atoms with Gasteiger partial charge in [-0.2, -0.15) is 0 Å². The maximum absolute atomic E-state index is 12.5. The molecular formula is C19H17N3O3S2. The standard InChI is InChI=1S/C19H17N3O3S2/c1-10-3-4-11(2)16-15(10)20-19(27-16)22-18(26)21-17(23)12-5-6-13-14(9-12)25-8-7-24-13/h3-6,9H,7-8H2,1-2H3,(H2,20,21,22,23,26). The molecule has 0 unspecified atom stereocenters. The molecule has 1 amide bonds. The molecule has 6 nitrogen and oxygen atoms in total. The first-order valence-electron chi connectivity index (χ1n) is 8.40. The van der Waals surface area contributed by atoms with Gasteiger partial charge in [-0.25, -0.2) is 4.98 Å². The number of amides is 1. The van der Waals surface area contributed by atoms with Crippen molar-refractivity contribution in [2.45, 2.75) is 13.8 Å². The highest BCUT2D eigenvalue weighted by atomic mass is 32.1. The minimum Gasteiger partial charge on any atom is -0.486 e. The van der Waals surface area contributed by atoms with E-state index in [2.05, 4.69) is 21.7 Å². The van der Waals surface area contributed by atoms with Crippen molar-refractivity contribution in [1.29, 1.82) is 0 Å². The number of nitrogens with one attached hydrogen (secondary N) is 2. The first-order chi connectivity index (χ1) is 13.0. The molecule has 0 bridgehead atoms. The Bertz CT molecular complexity index is 1020. The molecule has 0 fully saturated rings. The molecule has 0 atom stereocenters. The van der Waals surface area contributed by atoms with E-state index in [1.54, 1.807) is 18.2 Å². The number of aryl methyl sites for hydroxylation is 2. The van der Waals surface area contributed by atoms with E-state index in [1.807, 2.05) is 19.9 Å². The Kier molecular flexibility index (Phi) is 4.67. The SMILES string of the molecule is Cc1ccc(C)c2sc(NC(=S)NC(=O)c3ccc4c(c3)OCCO4)nc12. The van der Waals surface area contributed by atoms with Crippen molar-refractivity contribution in [2.24, 2.45) is 0 Å². The molecule has 2 N–H and O–H groups in total. The van der Waals surface area contributed by atoms with Crippen molar-refractivity contribution in [3.63, 3.8) is 0 Å². The van der Waals surface area contributed by atoms with E-state index in [1.165, 1.54) is 11.3 Å². The predicted molar refractivity (Wildman–Crippen MR) is 110 cm³/mol. The van der Waals surface area contributed by atoms with Gasteiger partial charge < -0.3 is 14.8 Å². The smallest absolute Gasteiger partial charge is 0.257 e. The lowest BCUT2D eigenvalue weighted by molar-refractivity contribution is 0.0976. The largest absolute Gasteiger partial charge is 0.486 e. The summed E-state index contributed by atoms with van der Waals surface area (Å²) in [7, 11) is 0. The molecule has 138 valence electrons. The monoisotopic (exact) mass is 399 g/mol. The molecule has 27 heavy (non-hydrogen) atoms. The number of ether oxygens (including phenoxy) is 2. The van der Waals surface area contributed by atoms with E-state index in [0.717, 1.165) is 21.3 Å². The second-order valence-corrected chi connectivity index (χ2v) is 7.57. The van der Waals surface area contributed by atoms with Gasteiger partial charge in [0, 0.05) is 5.56 Å². The van der Waals surface area contributed by atoms with Crippen molar-refractivity contribution in [3.05, 3.63) is 47.0 Å². The molecule has 3 aromatic rings. The third-order valence-corrected chi connectivity index (χ3v) is 5.50. The van der Waals surface area contributed by atoms with Crippen molar-refractivity contribution >= 4 is 49.9 Å². The van der Waals surface area contributed by atoms with Gasteiger partial charge in [0.05, 0.1) is 10.2 Å². The number of benzene rings is 2. The van der Waals surface area contributed by atoms with Crippen LogP contribution in [0.5, 0.6) is 11.5 Å². The van der Waals surface area contributed by atoms with Gasteiger partial charge in [0.15, 0.2) is 21.7 Å². The molecule has 4 rings (SSSR count). The van der Waals surface area contributed by atoms with Crippen molar-refractivity contribution in [2.75, 3.05) is 18.5 Å². The number of anilines is 1. The van der Waals surface area contributed by atoms with Gasteiger partial charge in [-0.3, -0.25) is 10.1 Å². The number of rotatable bonds is 2. The number of hydrogen-bond acceptors (Lipinski definition) is 6. The van der Waals surface area contributed by atoms with Crippen LogP contribution in [0.3, 0.4) is 0 Å². The van der Waals surface area contributed by atoms with Crippen LogP contribution in [0.4, 0.5) is 5.13 Å². The first-order valence-corrected chi connectivity index (χ1v) is 9.62. The van der Waals surface area contributed by atoms with Gasteiger partial charge in [0.1, 0.15) is 13.2 Å². The molecule has 0 aliphatic carbocycles. The zero-order valence-corrected chi connectivity index (χ0v) is 16.4. The van der Waals surface area contributed by atoms with Crippen molar-refractivity contribution in [1.82, 2.24) is 10.3 Å². The number of thiazole rings is 1. The molecule has 0 spiro atoms. The van der Waals surface area contributed by atoms with E-state index in [9.17, 15) is 4.79 Å². The molecule has 0 radical (unpaired) electrons. The molecule has 0 saturated heterocycles. The fraction of sp³-hybridized carbons (Fsp3) is 0.211. The number of fused-ring (bicyclic) bond motifs is 2. The van der Waals surface area contributed by atoms with Gasteiger partial charge in [0.25, 0.3) is 5.91 Å². The van der Waals surface area contributed by atoms with Crippen molar-refractivity contribution in [3.8, 4) is 11.5 Å². The normalized spacial score (nSPS) is 12.7. The van der Waals surface area contributed by atoms with Crippen LogP contribution in [0.1, 0.15) is 21.5 Å². The Hall–Kier alpha value is -2.71. The van der Waals surface area contributed by atoms with Crippen LogP contribution in [-0.4, -0.2) is 29.2 Å². The fourth-order valence-corrected chi connectivity index (χ4v) is 4.07. The summed E-state index contributed by atoms with van der Waals surface area (Å²) in [6.45, 7) is 5.04. The number of aromatic nitrogens is 1. The highest BCUT2D eigenvalue weighted by Crippen LogP contribution is 2.32. The molecule has 2 heterocycles. The Labute approximate surface area is 165 Å². The average Bonchev–Trinajstić information content (AvgIpc) is 3.09. The summed E-state index contributed by atoms with van der Waals surface area (Å²) in [5.74, 6) is 0.876. The van der Waals surface area contributed by atoms with Crippen LogP contribution in [0.25, 0.3) is 10.2 Å². The zero-order valence-electron chi connectivity index (χ0n) is 14.8. The third kappa shape index (κ3) is 3.58. The quantitative estimate of drug-likeness (QED) is 0.639. The lowest BCUT2D eigenvalue weighted by Gasteiger charge is -2.18. The van der Waals surface area contributed by atoms with E-state index in [4.69, 9.17) is 21.7 Å². The van der Waals surface area contributed by atoms with E-state index in [-0.39, 0.29) is 11.0 Å². The van der Waals surface area contributed by atoms with Gasteiger partial charge in [-0.15, -0.1) is 0 Å². The maximum Gasteiger partial charge on any atom is 0.257 e. The molecule has 0 saturated carbocycles. The number of thiocarbonyl (C=S) groups is 1. The van der Waals surface area contributed by atoms with E-state index >= 15 is 0 Å². The van der Waals surface area contributed by atoms with Crippen LogP contribution in [-0.2, 0) is 0 Å². The number of carbonyl (C=O) groups excluding carboxylic acids is 1. The summed E-state index contributed by atoms with van der Waals surface area (Å²) < 4.78 is 12.1. The highest BCUT2D eigenvalue weighted by molar-refractivity contribution is 7.80. The molecule has 1 aromatic heterocycles.